The highest BCUT2D eigenvalue weighted by molar-refractivity contribution is 5.84. The lowest BCUT2D eigenvalue weighted by Crippen LogP contribution is -2.05. The summed E-state index contributed by atoms with van der Waals surface area (Å²) < 4.78 is 5.64. The Balaban J connectivity index is 2.43. The van der Waals surface area contributed by atoms with Gasteiger partial charge in [-0.25, -0.2) is 0 Å². The maximum absolute atomic E-state index is 5.65. The van der Waals surface area contributed by atoms with Crippen LogP contribution in [0.4, 0.5) is 0 Å². The van der Waals surface area contributed by atoms with Crippen LogP contribution in [-0.4, -0.2) is 11.1 Å². The van der Waals surface area contributed by atoms with Gasteiger partial charge in [0.15, 0.2) is 0 Å². The largest absolute Gasteiger partial charge is 0.491 e. The van der Waals surface area contributed by atoms with E-state index in [1.54, 1.807) is 0 Å². The first kappa shape index (κ1) is 10.1. The van der Waals surface area contributed by atoms with E-state index in [2.05, 4.69) is 4.98 Å². The van der Waals surface area contributed by atoms with E-state index in [0.29, 0.717) is 6.54 Å². The highest BCUT2D eigenvalue weighted by Gasteiger charge is 2.04. The van der Waals surface area contributed by atoms with Crippen molar-refractivity contribution in [1.82, 2.24) is 4.98 Å². The van der Waals surface area contributed by atoms with Gasteiger partial charge in [-0.15, -0.1) is 0 Å². The van der Waals surface area contributed by atoms with Gasteiger partial charge in [0, 0.05) is 23.6 Å². The van der Waals surface area contributed by atoms with Crippen molar-refractivity contribution in [3.8, 4) is 5.75 Å². The lowest BCUT2D eigenvalue weighted by Gasteiger charge is -2.09. The molecular formula is C12H16N2O. The summed E-state index contributed by atoms with van der Waals surface area (Å²) in [5.74, 6) is 0.895. The molecule has 1 aromatic carbocycles. The molecule has 0 fully saturated rings. The van der Waals surface area contributed by atoms with Gasteiger partial charge < -0.3 is 15.5 Å². The monoisotopic (exact) mass is 204 g/mol. The second-order valence-electron chi connectivity index (χ2n) is 3.89. The summed E-state index contributed by atoms with van der Waals surface area (Å²) in [7, 11) is 0. The second kappa shape index (κ2) is 3.95. The quantitative estimate of drug-likeness (QED) is 0.806. The predicted molar refractivity (Wildman–Crippen MR) is 62.0 cm³/mol. The molecule has 3 heteroatoms. The smallest absolute Gasteiger partial charge is 0.120 e. The number of H-pyrrole nitrogens is 1. The van der Waals surface area contributed by atoms with Crippen LogP contribution in [0.25, 0.3) is 10.9 Å². The average Bonchev–Trinajstić information content (AvgIpc) is 2.59. The fraction of sp³-hybridized carbons (Fsp3) is 0.333. The minimum absolute atomic E-state index is 0.197. The summed E-state index contributed by atoms with van der Waals surface area (Å²) in [6.07, 6.45) is 2.15. The molecule has 2 rings (SSSR count). The SMILES string of the molecule is CC(C)Oc1ccc2[nH]cc(CN)c2c1. The van der Waals surface area contributed by atoms with Crippen LogP contribution in [0.1, 0.15) is 19.4 Å². The number of aromatic nitrogens is 1. The number of rotatable bonds is 3. The van der Waals surface area contributed by atoms with Crippen molar-refractivity contribution in [3.63, 3.8) is 0 Å². The molecule has 15 heavy (non-hydrogen) atoms. The van der Waals surface area contributed by atoms with Crippen molar-refractivity contribution < 1.29 is 4.74 Å². The maximum Gasteiger partial charge on any atom is 0.120 e. The molecule has 0 bridgehead atoms. The molecule has 0 saturated heterocycles. The molecule has 0 amide bonds. The minimum Gasteiger partial charge on any atom is -0.491 e. The molecule has 0 radical (unpaired) electrons. The van der Waals surface area contributed by atoms with E-state index in [-0.39, 0.29) is 6.10 Å². The standard InChI is InChI=1S/C12H16N2O/c1-8(2)15-10-3-4-12-11(5-10)9(6-13)7-14-12/h3-5,7-8,14H,6,13H2,1-2H3. The van der Waals surface area contributed by atoms with E-state index in [1.807, 2.05) is 38.2 Å². The van der Waals surface area contributed by atoms with Crippen LogP contribution < -0.4 is 10.5 Å². The van der Waals surface area contributed by atoms with Crippen molar-refractivity contribution >= 4 is 10.9 Å². The van der Waals surface area contributed by atoms with Crippen molar-refractivity contribution in [1.29, 1.82) is 0 Å². The van der Waals surface area contributed by atoms with Crippen LogP contribution in [0, 0.1) is 0 Å². The zero-order valence-corrected chi connectivity index (χ0v) is 9.08. The average molecular weight is 204 g/mol. The highest BCUT2D eigenvalue weighted by atomic mass is 16.5. The summed E-state index contributed by atoms with van der Waals surface area (Å²) in [5, 5.41) is 1.15. The Morgan fingerprint density at radius 3 is 2.87 bits per heavy atom. The minimum atomic E-state index is 0.197. The van der Waals surface area contributed by atoms with Gasteiger partial charge in [-0.1, -0.05) is 0 Å². The number of benzene rings is 1. The summed E-state index contributed by atoms with van der Waals surface area (Å²) in [4.78, 5) is 3.18. The van der Waals surface area contributed by atoms with E-state index in [0.717, 1.165) is 22.2 Å². The third-order valence-electron chi connectivity index (χ3n) is 2.33. The Bertz CT molecular complexity index is 460. The molecule has 0 aliphatic carbocycles. The number of fused-ring (bicyclic) bond motifs is 1. The van der Waals surface area contributed by atoms with Crippen LogP contribution >= 0.6 is 0 Å². The Labute approximate surface area is 89.2 Å². The van der Waals surface area contributed by atoms with Crippen molar-refractivity contribution in [2.75, 3.05) is 0 Å². The van der Waals surface area contributed by atoms with Gasteiger partial charge in [0.25, 0.3) is 0 Å². The zero-order valence-electron chi connectivity index (χ0n) is 9.08. The molecule has 80 valence electrons. The van der Waals surface area contributed by atoms with Gasteiger partial charge in [0.2, 0.25) is 0 Å². The molecule has 0 atom stereocenters. The lowest BCUT2D eigenvalue weighted by molar-refractivity contribution is 0.243. The van der Waals surface area contributed by atoms with Crippen LogP contribution in [0.5, 0.6) is 5.75 Å². The zero-order chi connectivity index (χ0) is 10.8. The molecule has 1 heterocycles. The summed E-state index contributed by atoms with van der Waals surface area (Å²) in [5.41, 5.74) is 7.88. The van der Waals surface area contributed by atoms with Gasteiger partial charge in [0.1, 0.15) is 5.75 Å². The third kappa shape index (κ3) is 1.97. The van der Waals surface area contributed by atoms with E-state index < -0.39 is 0 Å². The van der Waals surface area contributed by atoms with Gasteiger partial charge in [-0.3, -0.25) is 0 Å². The van der Waals surface area contributed by atoms with E-state index in [9.17, 15) is 0 Å². The number of aromatic amines is 1. The molecule has 0 aliphatic rings. The Hall–Kier alpha value is -1.48. The predicted octanol–water partition coefficient (Wildman–Crippen LogP) is 2.41. The fourth-order valence-corrected chi connectivity index (χ4v) is 1.67. The van der Waals surface area contributed by atoms with Crippen LogP contribution in [0.2, 0.25) is 0 Å². The van der Waals surface area contributed by atoms with Gasteiger partial charge in [0.05, 0.1) is 6.10 Å². The normalized spacial score (nSPS) is 11.2. The molecule has 3 nitrogen and oxygen atoms in total. The molecule has 0 unspecified atom stereocenters. The molecule has 0 spiro atoms. The first-order chi connectivity index (χ1) is 7.20. The molecule has 0 aliphatic heterocycles. The van der Waals surface area contributed by atoms with Gasteiger partial charge in [-0.05, 0) is 37.6 Å². The van der Waals surface area contributed by atoms with E-state index in [4.69, 9.17) is 10.5 Å². The molecule has 1 aromatic heterocycles. The van der Waals surface area contributed by atoms with Crippen LogP contribution in [0.3, 0.4) is 0 Å². The van der Waals surface area contributed by atoms with Crippen LogP contribution in [-0.2, 0) is 6.54 Å². The van der Waals surface area contributed by atoms with Gasteiger partial charge in [-0.2, -0.15) is 0 Å². The summed E-state index contributed by atoms with van der Waals surface area (Å²) >= 11 is 0. The van der Waals surface area contributed by atoms with Crippen molar-refractivity contribution in [3.05, 3.63) is 30.0 Å². The summed E-state index contributed by atoms with van der Waals surface area (Å²) in [6.45, 7) is 4.58. The number of hydrogen-bond acceptors (Lipinski definition) is 2. The maximum atomic E-state index is 5.65. The highest BCUT2D eigenvalue weighted by Crippen LogP contribution is 2.24. The first-order valence-electron chi connectivity index (χ1n) is 5.17. The number of nitrogens with two attached hydrogens (primary N) is 1. The molecule has 0 saturated carbocycles. The molecule has 2 aromatic rings. The Kier molecular flexibility index (Phi) is 2.64. The molecule has 3 N–H and O–H groups in total. The Morgan fingerprint density at radius 2 is 2.20 bits per heavy atom. The van der Waals surface area contributed by atoms with Crippen molar-refractivity contribution in [2.24, 2.45) is 5.73 Å². The van der Waals surface area contributed by atoms with E-state index in [1.165, 1.54) is 0 Å². The number of hydrogen-bond donors (Lipinski definition) is 2. The topological polar surface area (TPSA) is 51.0 Å². The third-order valence-corrected chi connectivity index (χ3v) is 2.33. The fourth-order valence-electron chi connectivity index (χ4n) is 1.67. The van der Waals surface area contributed by atoms with Gasteiger partial charge >= 0.3 is 0 Å². The number of ether oxygens (including phenoxy) is 1. The Morgan fingerprint density at radius 1 is 1.40 bits per heavy atom. The van der Waals surface area contributed by atoms with Crippen LogP contribution in [0.15, 0.2) is 24.4 Å². The second-order valence-corrected chi connectivity index (χ2v) is 3.89. The first-order valence-corrected chi connectivity index (χ1v) is 5.17. The molecular weight excluding hydrogens is 188 g/mol. The number of nitrogens with one attached hydrogen (secondary N) is 1. The lowest BCUT2D eigenvalue weighted by atomic mass is 10.1. The van der Waals surface area contributed by atoms with Crippen molar-refractivity contribution in [2.45, 2.75) is 26.5 Å². The summed E-state index contributed by atoms with van der Waals surface area (Å²) in [6, 6.07) is 6.03. The van der Waals surface area contributed by atoms with E-state index >= 15 is 0 Å².